The van der Waals surface area contributed by atoms with E-state index in [1.54, 1.807) is 6.20 Å². The maximum atomic E-state index is 4.03. The van der Waals surface area contributed by atoms with Crippen LogP contribution in [0.5, 0.6) is 0 Å². The van der Waals surface area contributed by atoms with Gasteiger partial charge in [0.05, 0.1) is 0 Å². The average Bonchev–Trinajstić information content (AvgIpc) is 2.30. The Kier molecular flexibility index (Phi) is 6.38. The molecule has 1 heterocycles. The van der Waals surface area contributed by atoms with Crippen molar-refractivity contribution in [3.05, 3.63) is 42.2 Å². The summed E-state index contributed by atoms with van der Waals surface area (Å²) in [5, 5.41) is 0. The Morgan fingerprint density at radius 1 is 1.43 bits per heavy atom. The molecule has 0 saturated heterocycles. The monoisotopic (exact) mass is 189 g/mol. The van der Waals surface area contributed by atoms with Gasteiger partial charge < -0.3 is 0 Å². The van der Waals surface area contributed by atoms with Crippen LogP contribution in [-0.4, -0.2) is 4.98 Å². The van der Waals surface area contributed by atoms with Gasteiger partial charge in [-0.1, -0.05) is 32.6 Å². The summed E-state index contributed by atoms with van der Waals surface area (Å²) in [4.78, 5) is 4.03. The fraction of sp³-hybridized carbons (Fsp3) is 0.308. The van der Waals surface area contributed by atoms with Gasteiger partial charge in [-0.25, -0.2) is 0 Å². The fourth-order valence-electron chi connectivity index (χ4n) is 1.08. The third-order valence-electron chi connectivity index (χ3n) is 1.93. The second-order valence-electron chi connectivity index (χ2n) is 2.64. The van der Waals surface area contributed by atoms with Gasteiger partial charge in [-0.05, 0) is 36.6 Å². The lowest BCUT2D eigenvalue weighted by molar-refractivity contribution is 1.30. The fourth-order valence-corrected chi connectivity index (χ4v) is 1.08. The van der Waals surface area contributed by atoms with Gasteiger partial charge in [-0.3, -0.25) is 4.98 Å². The summed E-state index contributed by atoms with van der Waals surface area (Å²) in [6.45, 7) is 11.9. The predicted molar refractivity (Wildman–Crippen MR) is 65.0 cm³/mol. The summed E-state index contributed by atoms with van der Waals surface area (Å²) in [5.41, 5.74) is 3.56. The van der Waals surface area contributed by atoms with Gasteiger partial charge in [0.2, 0.25) is 0 Å². The highest BCUT2D eigenvalue weighted by Crippen LogP contribution is 2.17. The van der Waals surface area contributed by atoms with Crippen LogP contribution in [-0.2, 0) is 0 Å². The van der Waals surface area contributed by atoms with Crippen molar-refractivity contribution < 1.29 is 0 Å². The zero-order valence-corrected chi connectivity index (χ0v) is 9.54. The number of hydrogen-bond acceptors (Lipinski definition) is 1. The minimum Gasteiger partial charge on any atom is -0.264 e. The van der Waals surface area contributed by atoms with Crippen LogP contribution in [0.3, 0.4) is 0 Å². The molecule has 0 radical (unpaired) electrons. The normalized spacial score (nSPS) is 10.1. The van der Waals surface area contributed by atoms with Gasteiger partial charge in [0.25, 0.3) is 0 Å². The Bertz CT molecular complexity index is 311. The second-order valence-corrected chi connectivity index (χ2v) is 2.64. The number of rotatable bonds is 2. The molecule has 0 aliphatic rings. The summed E-state index contributed by atoms with van der Waals surface area (Å²) in [6, 6.07) is 2.01. The highest BCUT2D eigenvalue weighted by atomic mass is 14.6. The van der Waals surface area contributed by atoms with E-state index >= 15 is 0 Å². The molecule has 0 fully saturated rings. The summed E-state index contributed by atoms with van der Waals surface area (Å²) in [6.07, 6.45) is 7.54. The maximum Gasteiger partial charge on any atom is 0.0346 e. The van der Waals surface area contributed by atoms with E-state index in [-0.39, 0.29) is 0 Å². The SMILES string of the molecule is C=Cc1cnccc1/C(C)=C\C.CC. The number of allylic oxidation sites excluding steroid dienone is 2. The van der Waals surface area contributed by atoms with Crippen LogP contribution in [0.2, 0.25) is 0 Å². The molecule has 0 aromatic carbocycles. The quantitative estimate of drug-likeness (QED) is 0.680. The predicted octanol–water partition coefficient (Wildman–Crippen LogP) is 4.17. The molecule has 0 N–H and O–H groups in total. The zero-order chi connectivity index (χ0) is 11.0. The van der Waals surface area contributed by atoms with Gasteiger partial charge in [-0.15, -0.1) is 0 Å². The molecule has 76 valence electrons. The standard InChI is InChI=1S/C11H13N.C2H6/c1-4-9(3)11-6-7-12-8-10(11)5-2;1-2/h4-8H,2H2,1,3H3;1-2H3/b9-4-;. The summed E-state index contributed by atoms with van der Waals surface area (Å²) in [7, 11) is 0. The summed E-state index contributed by atoms with van der Waals surface area (Å²) >= 11 is 0. The minimum atomic E-state index is 1.09. The third kappa shape index (κ3) is 3.17. The van der Waals surface area contributed by atoms with E-state index in [2.05, 4.69) is 24.6 Å². The Morgan fingerprint density at radius 3 is 2.57 bits per heavy atom. The molecule has 0 aliphatic heterocycles. The van der Waals surface area contributed by atoms with E-state index < -0.39 is 0 Å². The van der Waals surface area contributed by atoms with E-state index in [1.807, 2.05) is 39.1 Å². The highest BCUT2D eigenvalue weighted by Gasteiger charge is 1.98. The van der Waals surface area contributed by atoms with Crippen LogP contribution in [0.4, 0.5) is 0 Å². The van der Waals surface area contributed by atoms with E-state index in [9.17, 15) is 0 Å². The molecule has 1 aromatic heterocycles. The van der Waals surface area contributed by atoms with Crippen molar-refractivity contribution in [2.45, 2.75) is 27.7 Å². The Balaban J connectivity index is 0.000000791. The van der Waals surface area contributed by atoms with Crippen LogP contribution >= 0.6 is 0 Å². The summed E-state index contributed by atoms with van der Waals surface area (Å²) < 4.78 is 0. The van der Waals surface area contributed by atoms with Gasteiger partial charge in [-0.2, -0.15) is 0 Å². The molecular formula is C13H19N. The number of pyridine rings is 1. The molecule has 14 heavy (non-hydrogen) atoms. The van der Waals surface area contributed by atoms with Gasteiger partial charge in [0, 0.05) is 12.4 Å². The Hall–Kier alpha value is -1.37. The molecule has 0 amide bonds. The first kappa shape index (κ1) is 12.6. The lowest BCUT2D eigenvalue weighted by atomic mass is 10.0. The van der Waals surface area contributed by atoms with Crippen molar-refractivity contribution in [3.8, 4) is 0 Å². The smallest absolute Gasteiger partial charge is 0.0346 e. The van der Waals surface area contributed by atoms with E-state index in [0.717, 1.165) is 5.56 Å². The topological polar surface area (TPSA) is 12.9 Å². The molecular weight excluding hydrogens is 170 g/mol. The van der Waals surface area contributed by atoms with E-state index in [0.29, 0.717) is 0 Å². The number of aromatic nitrogens is 1. The van der Waals surface area contributed by atoms with Crippen LogP contribution < -0.4 is 0 Å². The summed E-state index contributed by atoms with van der Waals surface area (Å²) in [5.74, 6) is 0. The second kappa shape index (κ2) is 7.07. The molecule has 0 aliphatic carbocycles. The first-order valence-electron chi connectivity index (χ1n) is 4.99. The van der Waals surface area contributed by atoms with Crippen molar-refractivity contribution >= 4 is 11.6 Å². The molecule has 0 bridgehead atoms. The zero-order valence-electron chi connectivity index (χ0n) is 9.54. The molecule has 0 unspecified atom stereocenters. The van der Waals surface area contributed by atoms with Gasteiger partial charge in [0.1, 0.15) is 0 Å². The van der Waals surface area contributed by atoms with Crippen molar-refractivity contribution in [3.63, 3.8) is 0 Å². The molecule has 0 atom stereocenters. The Labute approximate surface area is 87.2 Å². The lowest BCUT2D eigenvalue weighted by Gasteiger charge is -2.03. The molecule has 0 saturated carbocycles. The minimum absolute atomic E-state index is 1.09. The molecule has 1 nitrogen and oxygen atoms in total. The molecule has 1 heteroatoms. The largest absolute Gasteiger partial charge is 0.264 e. The van der Waals surface area contributed by atoms with Crippen molar-refractivity contribution in [1.29, 1.82) is 0 Å². The average molecular weight is 189 g/mol. The number of nitrogens with zero attached hydrogens (tertiary/aromatic N) is 1. The van der Waals surface area contributed by atoms with Crippen molar-refractivity contribution in [2.24, 2.45) is 0 Å². The van der Waals surface area contributed by atoms with Crippen LogP contribution in [0.15, 0.2) is 31.1 Å². The molecule has 0 spiro atoms. The van der Waals surface area contributed by atoms with E-state index in [4.69, 9.17) is 0 Å². The van der Waals surface area contributed by atoms with Crippen LogP contribution in [0, 0.1) is 0 Å². The van der Waals surface area contributed by atoms with Crippen molar-refractivity contribution in [2.75, 3.05) is 0 Å². The number of hydrogen-bond donors (Lipinski definition) is 0. The van der Waals surface area contributed by atoms with E-state index in [1.165, 1.54) is 11.1 Å². The van der Waals surface area contributed by atoms with Gasteiger partial charge in [0.15, 0.2) is 0 Å². The molecule has 1 rings (SSSR count). The third-order valence-corrected chi connectivity index (χ3v) is 1.93. The first-order valence-corrected chi connectivity index (χ1v) is 4.99. The maximum absolute atomic E-state index is 4.03. The first-order chi connectivity index (χ1) is 6.79. The molecule has 1 aromatic rings. The highest BCUT2D eigenvalue weighted by molar-refractivity contribution is 5.71. The van der Waals surface area contributed by atoms with Gasteiger partial charge >= 0.3 is 0 Å². The van der Waals surface area contributed by atoms with Crippen LogP contribution in [0.25, 0.3) is 11.6 Å². The Morgan fingerprint density at radius 2 is 2.07 bits per heavy atom. The van der Waals surface area contributed by atoms with Crippen LogP contribution in [0.1, 0.15) is 38.8 Å². The lowest BCUT2D eigenvalue weighted by Crippen LogP contribution is -1.85. The van der Waals surface area contributed by atoms with Crippen molar-refractivity contribution in [1.82, 2.24) is 4.98 Å².